The lowest BCUT2D eigenvalue weighted by atomic mass is 9.94. The molecule has 5 heteroatoms. The predicted molar refractivity (Wildman–Crippen MR) is 94.1 cm³/mol. The van der Waals surface area contributed by atoms with E-state index in [0.29, 0.717) is 11.3 Å². The molecule has 1 aromatic heterocycles. The monoisotopic (exact) mass is 331 g/mol. The van der Waals surface area contributed by atoms with Crippen molar-refractivity contribution in [2.45, 2.75) is 57.1 Å². The number of rotatable bonds is 3. The lowest BCUT2D eigenvalue weighted by Gasteiger charge is -2.42. The van der Waals surface area contributed by atoms with Crippen LogP contribution in [0.1, 0.15) is 56.4 Å². The molecule has 0 N–H and O–H groups in total. The summed E-state index contributed by atoms with van der Waals surface area (Å²) in [5.74, 6) is 1.49. The topological polar surface area (TPSA) is 57.0 Å². The molecule has 3 rings (SSSR count). The minimum Gasteiger partial charge on any atom is -0.353 e. The number of fused-ring (bicyclic) bond motifs is 1. The summed E-state index contributed by atoms with van der Waals surface area (Å²) in [5.41, 5.74) is 3.09. The lowest BCUT2D eigenvalue weighted by molar-refractivity contribution is 0.493. The number of aryl methyl sites for hydroxylation is 2. The van der Waals surface area contributed by atoms with E-state index in [0.717, 1.165) is 50.3 Å². The van der Waals surface area contributed by atoms with Crippen molar-refractivity contribution < 1.29 is 4.21 Å². The second-order valence-corrected chi connectivity index (χ2v) is 8.61. The van der Waals surface area contributed by atoms with Crippen LogP contribution in [-0.2, 0) is 23.6 Å². The van der Waals surface area contributed by atoms with E-state index < -0.39 is 10.8 Å². The molecule has 0 bridgehead atoms. The summed E-state index contributed by atoms with van der Waals surface area (Å²) < 4.78 is 12.4. The maximum Gasteiger partial charge on any atom is 0.146 e. The third-order valence-electron chi connectivity index (χ3n) is 5.50. The molecule has 1 saturated heterocycles. The summed E-state index contributed by atoms with van der Waals surface area (Å²) in [6, 6.07) is 4.38. The molecule has 23 heavy (non-hydrogen) atoms. The molecule has 2 aliphatic rings. The van der Waals surface area contributed by atoms with Gasteiger partial charge in [0.15, 0.2) is 0 Å². The van der Waals surface area contributed by atoms with Gasteiger partial charge in [0.1, 0.15) is 11.9 Å². The Morgan fingerprint density at radius 1 is 1.35 bits per heavy atom. The van der Waals surface area contributed by atoms with Gasteiger partial charge in [0.25, 0.3) is 0 Å². The Morgan fingerprint density at radius 2 is 2.09 bits per heavy atom. The molecule has 2 heterocycles. The minimum atomic E-state index is -0.794. The fraction of sp³-hybridized carbons (Fsp3) is 0.667. The fourth-order valence-corrected chi connectivity index (χ4v) is 5.59. The van der Waals surface area contributed by atoms with Crippen LogP contribution < -0.4 is 4.90 Å². The van der Waals surface area contributed by atoms with E-state index in [1.54, 1.807) is 0 Å². The summed E-state index contributed by atoms with van der Waals surface area (Å²) >= 11 is 0. The highest BCUT2D eigenvalue weighted by atomic mass is 32.2. The Bertz CT molecular complexity index is 661. The van der Waals surface area contributed by atoms with Gasteiger partial charge in [0.2, 0.25) is 0 Å². The molecule has 0 spiro atoms. The van der Waals surface area contributed by atoms with Crippen molar-refractivity contribution in [3.63, 3.8) is 0 Å². The van der Waals surface area contributed by atoms with Crippen LogP contribution in [0, 0.1) is 11.3 Å². The number of aromatic nitrogens is 1. The first kappa shape index (κ1) is 16.4. The summed E-state index contributed by atoms with van der Waals surface area (Å²) in [6.45, 7) is 5.72. The van der Waals surface area contributed by atoms with Gasteiger partial charge in [0.05, 0.1) is 10.3 Å². The number of hydrogen-bond donors (Lipinski definition) is 0. The van der Waals surface area contributed by atoms with E-state index in [2.05, 4.69) is 24.8 Å². The molecule has 1 atom stereocenters. The van der Waals surface area contributed by atoms with E-state index in [1.165, 1.54) is 18.4 Å². The zero-order valence-corrected chi connectivity index (χ0v) is 14.9. The van der Waals surface area contributed by atoms with E-state index in [1.807, 2.05) is 6.07 Å². The average Bonchev–Trinajstić information content (AvgIpc) is 2.61. The van der Waals surface area contributed by atoms with Crippen LogP contribution >= 0.6 is 0 Å². The lowest BCUT2D eigenvalue weighted by Crippen LogP contribution is -2.53. The van der Waals surface area contributed by atoms with Gasteiger partial charge in [-0.1, -0.05) is 13.8 Å². The molecule has 1 aliphatic carbocycles. The van der Waals surface area contributed by atoms with Crippen LogP contribution in [0.3, 0.4) is 0 Å². The first-order chi connectivity index (χ1) is 11.1. The molecule has 0 aromatic carbocycles. The number of nitriles is 1. The van der Waals surface area contributed by atoms with Gasteiger partial charge < -0.3 is 4.90 Å². The van der Waals surface area contributed by atoms with Gasteiger partial charge in [-0.15, -0.1) is 0 Å². The zero-order chi connectivity index (χ0) is 16.4. The van der Waals surface area contributed by atoms with E-state index in [9.17, 15) is 9.47 Å². The SMILES string of the molecule is CCC1(CC)CN(c2nc3c(cc2C#N)CCCC3)CCS1=O. The average molecular weight is 331 g/mol. The Balaban J connectivity index is 1.98. The molecule has 1 aromatic rings. The Hall–Kier alpha value is -1.41. The van der Waals surface area contributed by atoms with Crippen LogP contribution in [-0.4, -0.2) is 32.8 Å². The van der Waals surface area contributed by atoms with Gasteiger partial charge in [-0.05, 0) is 50.2 Å². The van der Waals surface area contributed by atoms with Crippen LogP contribution in [0.25, 0.3) is 0 Å². The third-order valence-corrected chi connectivity index (χ3v) is 7.72. The maximum atomic E-state index is 12.5. The Morgan fingerprint density at radius 3 is 2.78 bits per heavy atom. The number of pyridine rings is 1. The second kappa shape index (κ2) is 6.60. The van der Waals surface area contributed by atoms with Gasteiger partial charge in [-0.2, -0.15) is 5.26 Å². The highest BCUT2D eigenvalue weighted by Gasteiger charge is 2.39. The Labute approximate surface area is 141 Å². The molecule has 0 amide bonds. The van der Waals surface area contributed by atoms with Crippen molar-refractivity contribution in [2.24, 2.45) is 0 Å². The quantitative estimate of drug-likeness (QED) is 0.854. The Kier molecular flexibility index (Phi) is 4.72. The third kappa shape index (κ3) is 2.89. The molecule has 1 aliphatic heterocycles. The van der Waals surface area contributed by atoms with E-state index in [4.69, 9.17) is 4.98 Å². The summed E-state index contributed by atoms with van der Waals surface area (Å²) in [4.78, 5) is 7.08. The standard InChI is InChI=1S/C18H25N3OS/c1-3-18(4-2)13-21(9-10-23(18)22)17-15(12-19)11-14-7-5-6-8-16(14)20-17/h11H,3-10,13H2,1-2H3. The zero-order valence-electron chi connectivity index (χ0n) is 14.1. The van der Waals surface area contributed by atoms with Gasteiger partial charge in [-0.25, -0.2) is 4.98 Å². The van der Waals surface area contributed by atoms with Crippen molar-refractivity contribution in [1.29, 1.82) is 5.26 Å². The predicted octanol–water partition coefficient (Wildman–Crippen LogP) is 2.96. The summed E-state index contributed by atoms with van der Waals surface area (Å²) in [6.07, 6.45) is 6.23. The van der Waals surface area contributed by atoms with Gasteiger partial charge in [-0.3, -0.25) is 4.21 Å². The van der Waals surface area contributed by atoms with Crippen LogP contribution in [0.5, 0.6) is 0 Å². The number of hydrogen-bond acceptors (Lipinski definition) is 4. The van der Waals surface area contributed by atoms with Crippen molar-refractivity contribution >= 4 is 16.6 Å². The van der Waals surface area contributed by atoms with E-state index >= 15 is 0 Å². The highest BCUT2D eigenvalue weighted by molar-refractivity contribution is 7.86. The first-order valence-electron chi connectivity index (χ1n) is 8.70. The molecule has 1 fully saturated rings. The summed E-state index contributed by atoms with van der Waals surface area (Å²) in [5, 5.41) is 9.57. The smallest absolute Gasteiger partial charge is 0.146 e. The molecule has 4 nitrogen and oxygen atoms in total. The van der Waals surface area contributed by atoms with E-state index in [-0.39, 0.29) is 4.75 Å². The molecule has 124 valence electrons. The molecular formula is C18H25N3OS. The number of nitrogens with zero attached hydrogens (tertiary/aromatic N) is 3. The van der Waals surface area contributed by atoms with Crippen molar-refractivity contribution in [3.8, 4) is 6.07 Å². The second-order valence-electron chi connectivity index (χ2n) is 6.65. The molecular weight excluding hydrogens is 306 g/mol. The molecule has 0 saturated carbocycles. The van der Waals surface area contributed by atoms with Crippen LogP contribution in [0.15, 0.2) is 6.07 Å². The largest absolute Gasteiger partial charge is 0.353 e. The van der Waals surface area contributed by atoms with Crippen molar-refractivity contribution in [1.82, 2.24) is 4.98 Å². The van der Waals surface area contributed by atoms with Gasteiger partial charge >= 0.3 is 0 Å². The molecule has 0 radical (unpaired) electrons. The maximum absolute atomic E-state index is 12.5. The minimum absolute atomic E-state index is 0.164. The fourth-order valence-electron chi connectivity index (χ4n) is 3.83. The highest BCUT2D eigenvalue weighted by Crippen LogP contribution is 2.33. The van der Waals surface area contributed by atoms with Crippen molar-refractivity contribution in [2.75, 3.05) is 23.7 Å². The van der Waals surface area contributed by atoms with Crippen LogP contribution in [0.4, 0.5) is 5.82 Å². The molecule has 1 unspecified atom stereocenters. The van der Waals surface area contributed by atoms with Gasteiger partial charge in [0, 0.05) is 35.3 Å². The van der Waals surface area contributed by atoms with Crippen LogP contribution in [0.2, 0.25) is 0 Å². The first-order valence-corrected chi connectivity index (χ1v) is 10.0. The normalized spacial score (nSPS) is 23.2. The summed E-state index contributed by atoms with van der Waals surface area (Å²) in [7, 11) is -0.794. The van der Waals surface area contributed by atoms with Crippen molar-refractivity contribution in [3.05, 3.63) is 22.9 Å². The number of anilines is 1.